The number of rotatable bonds is 5. The Morgan fingerprint density at radius 2 is 2.15 bits per heavy atom. The Balaban J connectivity index is 1.91. The van der Waals surface area contributed by atoms with Crippen LogP contribution in [0.4, 0.5) is 0 Å². The lowest BCUT2D eigenvalue weighted by atomic mass is 10.2. The van der Waals surface area contributed by atoms with Crippen LogP contribution >= 0.6 is 0 Å². The molecule has 0 saturated carbocycles. The van der Waals surface area contributed by atoms with Crippen LogP contribution in [0, 0.1) is 0 Å². The smallest absolute Gasteiger partial charge is 0.332 e. The van der Waals surface area contributed by atoms with Crippen LogP contribution in [0.3, 0.4) is 0 Å². The van der Waals surface area contributed by atoms with E-state index in [0.29, 0.717) is 0 Å². The topological polar surface area (TPSA) is 49.8 Å². The highest BCUT2D eigenvalue weighted by Gasteiger charge is 2.23. The van der Waals surface area contributed by atoms with Crippen molar-refractivity contribution in [3.05, 3.63) is 35.9 Å². The SMILES string of the molecule is CC(OC1CCCCN(Cc2ccccc2)C1)C(=O)O. The fourth-order valence-corrected chi connectivity index (χ4v) is 2.62. The zero-order chi connectivity index (χ0) is 14.4. The number of hydrogen-bond acceptors (Lipinski definition) is 3. The molecule has 1 aromatic carbocycles. The lowest BCUT2D eigenvalue weighted by Gasteiger charge is -2.25. The molecule has 1 aliphatic rings. The second kappa shape index (κ2) is 7.41. The third kappa shape index (κ3) is 4.62. The molecule has 0 spiro atoms. The van der Waals surface area contributed by atoms with E-state index < -0.39 is 12.1 Å². The standard InChI is InChI=1S/C16H23NO3/c1-13(16(18)19)20-15-9-5-6-10-17(12-15)11-14-7-3-2-4-8-14/h2-4,7-8,13,15H,5-6,9-12H2,1H3,(H,18,19). The minimum atomic E-state index is -0.885. The van der Waals surface area contributed by atoms with Gasteiger partial charge < -0.3 is 9.84 Å². The summed E-state index contributed by atoms with van der Waals surface area (Å²) in [6.07, 6.45) is 2.49. The van der Waals surface area contributed by atoms with Crippen molar-refractivity contribution in [3.63, 3.8) is 0 Å². The fraction of sp³-hybridized carbons (Fsp3) is 0.562. The van der Waals surface area contributed by atoms with Crippen LogP contribution in [0.2, 0.25) is 0 Å². The zero-order valence-corrected chi connectivity index (χ0v) is 12.0. The molecular formula is C16H23NO3. The average molecular weight is 277 g/mol. The molecule has 1 heterocycles. The van der Waals surface area contributed by atoms with Crippen LogP contribution in [-0.2, 0) is 16.1 Å². The van der Waals surface area contributed by atoms with Gasteiger partial charge in [-0.2, -0.15) is 0 Å². The summed E-state index contributed by atoms with van der Waals surface area (Å²) in [5.41, 5.74) is 1.29. The lowest BCUT2D eigenvalue weighted by Crippen LogP contribution is -2.35. The molecule has 0 amide bonds. The second-order valence-electron chi connectivity index (χ2n) is 5.46. The monoisotopic (exact) mass is 277 g/mol. The lowest BCUT2D eigenvalue weighted by molar-refractivity contribution is -0.153. The minimum absolute atomic E-state index is 0.0207. The maximum atomic E-state index is 10.9. The van der Waals surface area contributed by atoms with E-state index in [2.05, 4.69) is 17.0 Å². The van der Waals surface area contributed by atoms with Crippen LogP contribution in [-0.4, -0.2) is 41.3 Å². The van der Waals surface area contributed by atoms with Crippen LogP contribution in [0.5, 0.6) is 0 Å². The van der Waals surface area contributed by atoms with Gasteiger partial charge in [0.25, 0.3) is 0 Å². The Morgan fingerprint density at radius 3 is 2.85 bits per heavy atom. The number of benzene rings is 1. The van der Waals surface area contributed by atoms with Crippen molar-refractivity contribution >= 4 is 5.97 Å². The number of carbonyl (C=O) groups is 1. The first kappa shape index (κ1) is 15.0. The molecule has 2 unspecified atom stereocenters. The number of carboxylic acid groups (broad SMARTS) is 1. The first-order chi connectivity index (χ1) is 9.65. The second-order valence-corrected chi connectivity index (χ2v) is 5.46. The first-order valence-corrected chi connectivity index (χ1v) is 7.29. The number of hydrogen-bond donors (Lipinski definition) is 1. The maximum absolute atomic E-state index is 10.9. The van der Waals surface area contributed by atoms with Gasteiger partial charge >= 0.3 is 5.97 Å². The van der Waals surface area contributed by atoms with Crippen LogP contribution in [0.1, 0.15) is 31.7 Å². The van der Waals surface area contributed by atoms with Crippen molar-refractivity contribution < 1.29 is 14.6 Å². The van der Waals surface area contributed by atoms with E-state index in [1.54, 1.807) is 6.92 Å². The molecule has 1 aromatic rings. The molecule has 1 saturated heterocycles. The van der Waals surface area contributed by atoms with Gasteiger partial charge in [0.1, 0.15) is 0 Å². The Labute approximate surface area is 120 Å². The summed E-state index contributed by atoms with van der Waals surface area (Å²) in [6, 6.07) is 10.4. The van der Waals surface area contributed by atoms with E-state index in [1.165, 1.54) is 5.56 Å². The molecule has 110 valence electrons. The van der Waals surface area contributed by atoms with Gasteiger partial charge in [-0.3, -0.25) is 4.90 Å². The van der Waals surface area contributed by atoms with Crippen molar-refractivity contribution in [1.29, 1.82) is 0 Å². The quantitative estimate of drug-likeness (QED) is 0.898. The van der Waals surface area contributed by atoms with E-state index in [1.807, 2.05) is 18.2 Å². The minimum Gasteiger partial charge on any atom is -0.479 e. The van der Waals surface area contributed by atoms with Crippen molar-refractivity contribution in [2.45, 2.75) is 44.9 Å². The van der Waals surface area contributed by atoms with Crippen molar-refractivity contribution in [1.82, 2.24) is 4.90 Å². The summed E-state index contributed by atoms with van der Waals surface area (Å²) in [4.78, 5) is 13.3. The van der Waals surface area contributed by atoms with Crippen molar-refractivity contribution in [2.24, 2.45) is 0 Å². The fourth-order valence-electron chi connectivity index (χ4n) is 2.62. The molecule has 4 heteroatoms. The molecular weight excluding hydrogens is 254 g/mol. The van der Waals surface area contributed by atoms with Gasteiger partial charge in [-0.1, -0.05) is 30.3 Å². The number of likely N-dealkylation sites (tertiary alicyclic amines) is 1. The zero-order valence-electron chi connectivity index (χ0n) is 12.0. The van der Waals surface area contributed by atoms with E-state index in [0.717, 1.165) is 38.9 Å². The molecule has 4 nitrogen and oxygen atoms in total. The third-order valence-electron chi connectivity index (χ3n) is 3.71. The molecule has 2 atom stereocenters. The van der Waals surface area contributed by atoms with E-state index in [4.69, 9.17) is 9.84 Å². The summed E-state index contributed by atoms with van der Waals surface area (Å²) in [6.45, 7) is 4.37. The van der Waals surface area contributed by atoms with E-state index in [9.17, 15) is 4.79 Å². The maximum Gasteiger partial charge on any atom is 0.332 e. The summed E-state index contributed by atoms with van der Waals surface area (Å²) >= 11 is 0. The predicted molar refractivity (Wildman–Crippen MR) is 77.5 cm³/mol. The van der Waals surface area contributed by atoms with Crippen LogP contribution in [0.15, 0.2) is 30.3 Å². The molecule has 0 aromatic heterocycles. The predicted octanol–water partition coefficient (Wildman–Crippen LogP) is 2.53. The molecule has 1 aliphatic heterocycles. The van der Waals surface area contributed by atoms with E-state index >= 15 is 0 Å². The highest BCUT2D eigenvalue weighted by atomic mass is 16.5. The Bertz CT molecular complexity index is 421. The van der Waals surface area contributed by atoms with Gasteiger partial charge in [0.2, 0.25) is 0 Å². The largest absolute Gasteiger partial charge is 0.479 e. The van der Waals surface area contributed by atoms with Gasteiger partial charge in [0.15, 0.2) is 6.10 Å². The molecule has 2 rings (SSSR count). The highest BCUT2D eigenvalue weighted by molar-refractivity contribution is 5.71. The average Bonchev–Trinajstić information content (AvgIpc) is 2.65. The van der Waals surface area contributed by atoms with E-state index in [-0.39, 0.29) is 6.10 Å². The normalized spacial score (nSPS) is 22.1. The van der Waals surface area contributed by atoms with Crippen molar-refractivity contribution in [2.75, 3.05) is 13.1 Å². The third-order valence-corrected chi connectivity index (χ3v) is 3.71. The number of nitrogens with zero attached hydrogens (tertiary/aromatic N) is 1. The summed E-state index contributed by atoms with van der Waals surface area (Å²) in [5.74, 6) is -0.885. The first-order valence-electron chi connectivity index (χ1n) is 7.29. The Kier molecular flexibility index (Phi) is 5.56. The van der Waals surface area contributed by atoms with Crippen LogP contribution in [0.25, 0.3) is 0 Å². The molecule has 1 fully saturated rings. The highest BCUT2D eigenvalue weighted by Crippen LogP contribution is 2.17. The van der Waals surface area contributed by atoms with Gasteiger partial charge in [-0.05, 0) is 38.3 Å². The van der Waals surface area contributed by atoms with Gasteiger partial charge in [-0.15, -0.1) is 0 Å². The molecule has 1 N–H and O–H groups in total. The van der Waals surface area contributed by atoms with Gasteiger partial charge in [0, 0.05) is 13.1 Å². The van der Waals surface area contributed by atoms with Gasteiger partial charge in [0.05, 0.1) is 6.10 Å². The molecule has 20 heavy (non-hydrogen) atoms. The summed E-state index contributed by atoms with van der Waals surface area (Å²) in [5, 5.41) is 8.95. The molecule has 0 radical (unpaired) electrons. The summed E-state index contributed by atoms with van der Waals surface area (Å²) in [7, 11) is 0. The number of carboxylic acids is 1. The van der Waals surface area contributed by atoms with Crippen LogP contribution < -0.4 is 0 Å². The Hall–Kier alpha value is -1.39. The number of ether oxygens (including phenoxy) is 1. The molecule has 0 aliphatic carbocycles. The summed E-state index contributed by atoms with van der Waals surface area (Å²) < 4.78 is 5.66. The van der Waals surface area contributed by atoms with Crippen molar-refractivity contribution in [3.8, 4) is 0 Å². The number of aliphatic carboxylic acids is 1. The molecule has 0 bridgehead atoms. The van der Waals surface area contributed by atoms with Gasteiger partial charge in [-0.25, -0.2) is 4.79 Å². The Morgan fingerprint density at radius 1 is 1.40 bits per heavy atom.